The highest BCUT2D eigenvalue weighted by Crippen LogP contribution is 2.27. The maximum atomic E-state index is 12.1. The van der Waals surface area contributed by atoms with Gasteiger partial charge in [-0.25, -0.2) is 4.79 Å². The van der Waals surface area contributed by atoms with Crippen LogP contribution in [0.25, 0.3) is 11.1 Å². The van der Waals surface area contributed by atoms with E-state index in [2.05, 4.69) is 19.9 Å². The Labute approximate surface area is 118 Å². The summed E-state index contributed by atoms with van der Waals surface area (Å²) in [6.07, 6.45) is 6.23. The van der Waals surface area contributed by atoms with Crippen LogP contribution in [0.4, 0.5) is 0 Å². The fourth-order valence-corrected chi connectivity index (χ4v) is 2.99. The van der Waals surface area contributed by atoms with E-state index in [0.717, 1.165) is 36.1 Å². The number of fused-ring (bicyclic) bond motifs is 1. The van der Waals surface area contributed by atoms with Crippen molar-refractivity contribution < 1.29 is 4.42 Å². The molecule has 2 rings (SSSR count). The zero-order valence-electron chi connectivity index (χ0n) is 11.8. The SMILES string of the molecule is CCCC(CCC)n1c(=O)oc2ccc(SC)cc21. The summed E-state index contributed by atoms with van der Waals surface area (Å²) in [4.78, 5) is 13.3. The molecule has 0 N–H and O–H groups in total. The molecule has 0 bridgehead atoms. The first-order valence-electron chi connectivity index (χ1n) is 6.90. The molecule has 0 spiro atoms. The fourth-order valence-electron chi connectivity index (χ4n) is 2.56. The number of thioether (sulfide) groups is 1. The molecule has 0 unspecified atom stereocenters. The molecule has 0 saturated heterocycles. The van der Waals surface area contributed by atoms with Crippen molar-refractivity contribution in [3.05, 3.63) is 28.7 Å². The molecule has 1 aromatic carbocycles. The second kappa shape index (κ2) is 6.33. The van der Waals surface area contributed by atoms with E-state index in [4.69, 9.17) is 4.42 Å². The van der Waals surface area contributed by atoms with Gasteiger partial charge in [-0.1, -0.05) is 26.7 Å². The van der Waals surface area contributed by atoms with Crippen molar-refractivity contribution >= 4 is 22.9 Å². The molecule has 0 aliphatic carbocycles. The lowest BCUT2D eigenvalue weighted by Gasteiger charge is -2.16. The van der Waals surface area contributed by atoms with Gasteiger partial charge in [0, 0.05) is 10.9 Å². The van der Waals surface area contributed by atoms with Crippen molar-refractivity contribution in [3.8, 4) is 0 Å². The van der Waals surface area contributed by atoms with E-state index < -0.39 is 0 Å². The Balaban J connectivity index is 2.55. The zero-order chi connectivity index (χ0) is 13.8. The van der Waals surface area contributed by atoms with E-state index in [-0.39, 0.29) is 11.8 Å². The average Bonchev–Trinajstić information content (AvgIpc) is 2.73. The topological polar surface area (TPSA) is 35.1 Å². The average molecular weight is 279 g/mol. The smallest absolute Gasteiger partial charge is 0.408 e. The number of hydrogen-bond acceptors (Lipinski definition) is 3. The van der Waals surface area contributed by atoms with E-state index in [1.807, 2.05) is 23.0 Å². The third kappa shape index (κ3) is 2.89. The lowest BCUT2D eigenvalue weighted by Crippen LogP contribution is -2.20. The molecule has 1 aromatic heterocycles. The standard InChI is InChI=1S/C15H21NO2S/c1-4-6-11(7-5-2)16-13-10-12(19-3)8-9-14(13)18-15(16)17/h8-11H,4-7H2,1-3H3. The van der Waals surface area contributed by atoms with Gasteiger partial charge in [0.15, 0.2) is 5.58 Å². The first kappa shape index (κ1) is 14.3. The van der Waals surface area contributed by atoms with Crippen LogP contribution in [0, 0.1) is 0 Å². The lowest BCUT2D eigenvalue weighted by molar-refractivity contribution is 0.392. The van der Waals surface area contributed by atoms with E-state index in [1.165, 1.54) is 0 Å². The van der Waals surface area contributed by atoms with Gasteiger partial charge in [0.1, 0.15) is 0 Å². The molecule has 4 heteroatoms. The highest BCUT2D eigenvalue weighted by molar-refractivity contribution is 7.98. The molecule has 0 amide bonds. The molecule has 3 nitrogen and oxygen atoms in total. The lowest BCUT2D eigenvalue weighted by atomic mass is 10.1. The number of oxazole rings is 1. The van der Waals surface area contributed by atoms with Crippen molar-refractivity contribution in [1.82, 2.24) is 4.57 Å². The Morgan fingerprint density at radius 3 is 2.53 bits per heavy atom. The highest BCUT2D eigenvalue weighted by atomic mass is 32.2. The van der Waals surface area contributed by atoms with Gasteiger partial charge >= 0.3 is 5.76 Å². The monoisotopic (exact) mass is 279 g/mol. The van der Waals surface area contributed by atoms with Crippen LogP contribution >= 0.6 is 11.8 Å². The Hall–Kier alpha value is -1.16. The summed E-state index contributed by atoms with van der Waals surface area (Å²) in [6.45, 7) is 4.31. The van der Waals surface area contributed by atoms with Crippen molar-refractivity contribution in [2.45, 2.75) is 50.5 Å². The predicted octanol–water partition coefficient (Wildman–Crippen LogP) is 4.46. The number of aromatic nitrogens is 1. The molecule has 1 heterocycles. The molecule has 0 saturated carbocycles. The molecule has 0 radical (unpaired) electrons. The molecule has 104 valence electrons. The van der Waals surface area contributed by atoms with Crippen molar-refractivity contribution in [2.75, 3.05) is 6.26 Å². The number of rotatable bonds is 6. The molecule has 19 heavy (non-hydrogen) atoms. The van der Waals surface area contributed by atoms with Crippen LogP contribution < -0.4 is 5.76 Å². The largest absolute Gasteiger partial charge is 0.420 e. The summed E-state index contributed by atoms with van der Waals surface area (Å²) in [6, 6.07) is 6.20. The predicted molar refractivity (Wildman–Crippen MR) is 81.1 cm³/mol. The minimum Gasteiger partial charge on any atom is -0.408 e. The molecular formula is C15H21NO2S. The van der Waals surface area contributed by atoms with Gasteiger partial charge in [-0.3, -0.25) is 4.57 Å². The summed E-state index contributed by atoms with van der Waals surface area (Å²) in [7, 11) is 0. The second-order valence-corrected chi connectivity index (χ2v) is 5.68. The van der Waals surface area contributed by atoms with Gasteiger partial charge < -0.3 is 4.42 Å². The van der Waals surface area contributed by atoms with Crippen LogP contribution in [0.15, 0.2) is 32.3 Å². The minimum atomic E-state index is -0.222. The van der Waals surface area contributed by atoms with Crippen LogP contribution in [0.5, 0.6) is 0 Å². The van der Waals surface area contributed by atoms with Crippen molar-refractivity contribution in [2.24, 2.45) is 0 Å². The van der Waals surface area contributed by atoms with Gasteiger partial charge in [0.2, 0.25) is 0 Å². The van der Waals surface area contributed by atoms with E-state index >= 15 is 0 Å². The minimum absolute atomic E-state index is 0.222. The van der Waals surface area contributed by atoms with Crippen LogP contribution in [-0.2, 0) is 0 Å². The first-order valence-corrected chi connectivity index (χ1v) is 8.12. The van der Waals surface area contributed by atoms with Crippen LogP contribution in [0.3, 0.4) is 0 Å². The van der Waals surface area contributed by atoms with Gasteiger partial charge in [-0.15, -0.1) is 11.8 Å². The van der Waals surface area contributed by atoms with Gasteiger partial charge in [0.25, 0.3) is 0 Å². The second-order valence-electron chi connectivity index (χ2n) is 4.80. The maximum Gasteiger partial charge on any atom is 0.420 e. The number of nitrogens with zero attached hydrogens (tertiary/aromatic N) is 1. The first-order chi connectivity index (χ1) is 9.21. The molecular weight excluding hydrogens is 258 g/mol. The van der Waals surface area contributed by atoms with Gasteiger partial charge in [0.05, 0.1) is 5.52 Å². The van der Waals surface area contributed by atoms with E-state index in [9.17, 15) is 4.79 Å². The third-order valence-corrected chi connectivity index (χ3v) is 4.15. The summed E-state index contributed by atoms with van der Waals surface area (Å²) < 4.78 is 7.22. The maximum absolute atomic E-state index is 12.1. The van der Waals surface area contributed by atoms with Crippen LogP contribution in [-0.4, -0.2) is 10.8 Å². The van der Waals surface area contributed by atoms with Crippen LogP contribution in [0.2, 0.25) is 0 Å². The third-order valence-electron chi connectivity index (χ3n) is 3.43. The van der Waals surface area contributed by atoms with E-state index in [0.29, 0.717) is 5.58 Å². The molecule has 0 aliphatic heterocycles. The summed E-state index contributed by atoms with van der Waals surface area (Å²) in [5.41, 5.74) is 1.63. The van der Waals surface area contributed by atoms with Crippen LogP contribution in [0.1, 0.15) is 45.6 Å². The summed E-state index contributed by atoms with van der Waals surface area (Å²) in [5.74, 6) is -0.222. The van der Waals surface area contributed by atoms with Crippen molar-refractivity contribution in [1.29, 1.82) is 0 Å². The molecule has 0 atom stereocenters. The highest BCUT2D eigenvalue weighted by Gasteiger charge is 2.17. The van der Waals surface area contributed by atoms with Gasteiger partial charge in [-0.05, 0) is 37.3 Å². The summed E-state index contributed by atoms with van der Waals surface area (Å²) in [5, 5.41) is 0. The quantitative estimate of drug-likeness (QED) is 0.732. The normalized spacial score (nSPS) is 11.6. The number of benzene rings is 1. The number of hydrogen-bond donors (Lipinski definition) is 0. The summed E-state index contributed by atoms with van der Waals surface area (Å²) >= 11 is 1.68. The molecule has 0 aliphatic rings. The Morgan fingerprint density at radius 2 is 1.95 bits per heavy atom. The molecule has 2 aromatic rings. The van der Waals surface area contributed by atoms with E-state index in [1.54, 1.807) is 11.8 Å². The Kier molecular flexibility index (Phi) is 4.75. The fraction of sp³-hybridized carbons (Fsp3) is 0.533. The molecule has 0 fully saturated rings. The zero-order valence-corrected chi connectivity index (χ0v) is 12.6. The Morgan fingerprint density at radius 1 is 1.26 bits per heavy atom. The van der Waals surface area contributed by atoms with Gasteiger partial charge in [-0.2, -0.15) is 0 Å². The van der Waals surface area contributed by atoms with Crippen molar-refractivity contribution in [3.63, 3.8) is 0 Å². The Bertz CT molecular complexity index is 594.